The Balaban J connectivity index is 2.19. The molecular weight excluding hydrogens is 216 g/mol. The Hall–Kier alpha value is -0.610. The molecule has 1 aliphatic rings. The Bertz CT molecular complexity index is 265. The van der Waals surface area contributed by atoms with Gasteiger partial charge in [0.25, 0.3) is 0 Å². The van der Waals surface area contributed by atoms with E-state index in [0.29, 0.717) is 26.1 Å². The van der Waals surface area contributed by atoms with Crippen LogP contribution >= 0.6 is 0 Å². The standard InChI is InChI=1S/C13H26N2O2/c1-5-7-13(17)9-15(10-13)11(16)6-8-14-12(2,3)4/h14,17H,5-10H2,1-4H3. The van der Waals surface area contributed by atoms with E-state index in [-0.39, 0.29) is 11.4 Å². The Morgan fingerprint density at radius 2 is 2.00 bits per heavy atom. The predicted molar refractivity (Wildman–Crippen MR) is 68.8 cm³/mol. The van der Waals surface area contributed by atoms with Crippen LogP contribution in [-0.4, -0.2) is 46.7 Å². The molecule has 1 heterocycles. The fraction of sp³-hybridized carbons (Fsp3) is 0.923. The molecule has 1 aliphatic heterocycles. The Morgan fingerprint density at radius 3 is 2.47 bits per heavy atom. The van der Waals surface area contributed by atoms with Crippen molar-refractivity contribution < 1.29 is 9.90 Å². The second-order valence-corrected chi connectivity index (χ2v) is 6.15. The molecule has 0 unspecified atom stereocenters. The van der Waals surface area contributed by atoms with Gasteiger partial charge in [-0.3, -0.25) is 4.79 Å². The minimum atomic E-state index is -0.609. The van der Waals surface area contributed by atoms with E-state index in [2.05, 4.69) is 33.0 Å². The molecule has 0 aromatic heterocycles. The lowest BCUT2D eigenvalue weighted by Crippen LogP contribution is -2.63. The summed E-state index contributed by atoms with van der Waals surface area (Å²) >= 11 is 0. The van der Waals surface area contributed by atoms with Gasteiger partial charge in [-0.1, -0.05) is 13.3 Å². The van der Waals surface area contributed by atoms with Crippen LogP contribution in [0.4, 0.5) is 0 Å². The van der Waals surface area contributed by atoms with Crippen molar-refractivity contribution in [3.8, 4) is 0 Å². The third kappa shape index (κ3) is 4.64. The van der Waals surface area contributed by atoms with E-state index >= 15 is 0 Å². The fourth-order valence-electron chi connectivity index (χ4n) is 2.17. The largest absolute Gasteiger partial charge is 0.386 e. The summed E-state index contributed by atoms with van der Waals surface area (Å²) in [5.74, 6) is 0.141. The minimum absolute atomic E-state index is 0.0537. The second-order valence-electron chi connectivity index (χ2n) is 6.15. The zero-order valence-electron chi connectivity index (χ0n) is 11.5. The number of hydrogen-bond acceptors (Lipinski definition) is 3. The maximum absolute atomic E-state index is 11.8. The van der Waals surface area contributed by atoms with E-state index in [4.69, 9.17) is 0 Å². The predicted octanol–water partition coefficient (Wildman–Crippen LogP) is 1.14. The molecule has 0 aromatic rings. The molecule has 17 heavy (non-hydrogen) atoms. The normalized spacial score (nSPS) is 19.0. The molecular formula is C13H26N2O2. The highest BCUT2D eigenvalue weighted by molar-refractivity contribution is 5.77. The lowest BCUT2D eigenvalue weighted by Gasteiger charge is -2.46. The molecule has 4 nitrogen and oxygen atoms in total. The molecule has 0 saturated carbocycles. The SMILES string of the molecule is CCCC1(O)CN(C(=O)CCNC(C)(C)C)C1. The highest BCUT2D eigenvalue weighted by atomic mass is 16.3. The van der Waals surface area contributed by atoms with Crippen molar-refractivity contribution in [2.45, 2.75) is 58.1 Å². The number of nitrogens with zero attached hydrogens (tertiary/aromatic N) is 1. The highest BCUT2D eigenvalue weighted by Gasteiger charge is 2.42. The van der Waals surface area contributed by atoms with Crippen molar-refractivity contribution in [2.24, 2.45) is 0 Å². The number of amides is 1. The zero-order chi connectivity index (χ0) is 13.1. The van der Waals surface area contributed by atoms with Crippen LogP contribution in [0.5, 0.6) is 0 Å². The topological polar surface area (TPSA) is 52.6 Å². The van der Waals surface area contributed by atoms with E-state index in [0.717, 1.165) is 12.8 Å². The van der Waals surface area contributed by atoms with Gasteiger partial charge in [-0.25, -0.2) is 0 Å². The molecule has 0 bridgehead atoms. The van der Waals surface area contributed by atoms with Gasteiger partial charge in [-0.05, 0) is 27.2 Å². The summed E-state index contributed by atoms with van der Waals surface area (Å²) in [4.78, 5) is 13.5. The van der Waals surface area contributed by atoms with Crippen LogP contribution in [0.2, 0.25) is 0 Å². The Morgan fingerprint density at radius 1 is 1.41 bits per heavy atom. The first-order chi connectivity index (χ1) is 7.76. The maximum atomic E-state index is 11.8. The molecule has 1 saturated heterocycles. The van der Waals surface area contributed by atoms with E-state index in [1.54, 1.807) is 4.90 Å². The number of likely N-dealkylation sites (tertiary alicyclic amines) is 1. The maximum Gasteiger partial charge on any atom is 0.224 e. The molecule has 1 amide bonds. The molecule has 1 fully saturated rings. The van der Waals surface area contributed by atoms with Crippen molar-refractivity contribution in [3.63, 3.8) is 0 Å². The minimum Gasteiger partial charge on any atom is -0.386 e. The van der Waals surface area contributed by atoms with Gasteiger partial charge in [0.1, 0.15) is 0 Å². The molecule has 100 valence electrons. The van der Waals surface area contributed by atoms with Crippen LogP contribution in [0.1, 0.15) is 47.0 Å². The van der Waals surface area contributed by atoms with Crippen LogP contribution in [0.3, 0.4) is 0 Å². The van der Waals surface area contributed by atoms with Gasteiger partial charge in [-0.15, -0.1) is 0 Å². The molecule has 0 spiro atoms. The first kappa shape index (κ1) is 14.5. The number of hydrogen-bond donors (Lipinski definition) is 2. The molecule has 0 radical (unpaired) electrons. The van der Waals surface area contributed by atoms with Gasteiger partial charge in [-0.2, -0.15) is 0 Å². The number of aliphatic hydroxyl groups is 1. The van der Waals surface area contributed by atoms with Crippen molar-refractivity contribution >= 4 is 5.91 Å². The first-order valence-electron chi connectivity index (χ1n) is 6.51. The van der Waals surface area contributed by atoms with E-state index in [9.17, 15) is 9.90 Å². The van der Waals surface area contributed by atoms with Gasteiger partial charge in [0.05, 0.1) is 18.7 Å². The van der Waals surface area contributed by atoms with Crippen LogP contribution in [0.25, 0.3) is 0 Å². The average molecular weight is 242 g/mol. The number of nitrogens with one attached hydrogen (secondary N) is 1. The summed E-state index contributed by atoms with van der Waals surface area (Å²) in [6.45, 7) is 10.0. The average Bonchev–Trinajstić information content (AvgIpc) is 2.12. The molecule has 0 atom stereocenters. The second kappa shape index (κ2) is 5.36. The lowest BCUT2D eigenvalue weighted by atomic mass is 9.89. The number of rotatable bonds is 5. The third-order valence-electron chi connectivity index (χ3n) is 3.03. The van der Waals surface area contributed by atoms with Gasteiger partial charge in [0.2, 0.25) is 5.91 Å². The van der Waals surface area contributed by atoms with Crippen LogP contribution in [-0.2, 0) is 4.79 Å². The van der Waals surface area contributed by atoms with E-state index in [1.807, 2.05) is 0 Å². The summed E-state index contributed by atoms with van der Waals surface area (Å²) < 4.78 is 0. The number of β-amino-alcohol motifs (C(OH)–C–C–N with tert-alkyl or cyclic N) is 1. The first-order valence-corrected chi connectivity index (χ1v) is 6.51. The van der Waals surface area contributed by atoms with Crippen LogP contribution in [0, 0.1) is 0 Å². The Labute approximate surface area is 104 Å². The van der Waals surface area contributed by atoms with Crippen molar-refractivity contribution in [3.05, 3.63) is 0 Å². The third-order valence-corrected chi connectivity index (χ3v) is 3.03. The lowest BCUT2D eigenvalue weighted by molar-refractivity contribution is -0.156. The number of carbonyl (C=O) groups excluding carboxylic acids is 1. The van der Waals surface area contributed by atoms with E-state index in [1.165, 1.54) is 0 Å². The summed E-state index contributed by atoms with van der Waals surface area (Å²) in [6, 6.07) is 0. The van der Waals surface area contributed by atoms with Crippen molar-refractivity contribution in [1.29, 1.82) is 0 Å². The molecule has 0 aromatic carbocycles. The highest BCUT2D eigenvalue weighted by Crippen LogP contribution is 2.26. The summed E-state index contributed by atoms with van der Waals surface area (Å²) in [5.41, 5.74) is -0.556. The monoisotopic (exact) mass is 242 g/mol. The molecule has 1 rings (SSSR count). The smallest absolute Gasteiger partial charge is 0.224 e. The summed E-state index contributed by atoms with van der Waals surface area (Å²) in [6.07, 6.45) is 2.26. The molecule has 0 aliphatic carbocycles. The van der Waals surface area contributed by atoms with Crippen molar-refractivity contribution in [1.82, 2.24) is 10.2 Å². The summed E-state index contributed by atoms with van der Waals surface area (Å²) in [7, 11) is 0. The van der Waals surface area contributed by atoms with Gasteiger partial charge < -0.3 is 15.3 Å². The summed E-state index contributed by atoms with van der Waals surface area (Å²) in [5, 5.41) is 13.3. The Kier molecular flexibility index (Phi) is 4.55. The van der Waals surface area contributed by atoms with Gasteiger partial charge in [0, 0.05) is 18.5 Å². The van der Waals surface area contributed by atoms with E-state index < -0.39 is 5.60 Å². The van der Waals surface area contributed by atoms with Crippen LogP contribution < -0.4 is 5.32 Å². The zero-order valence-corrected chi connectivity index (χ0v) is 11.5. The van der Waals surface area contributed by atoms with Gasteiger partial charge >= 0.3 is 0 Å². The number of carbonyl (C=O) groups is 1. The molecule has 2 N–H and O–H groups in total. The molecule has 4 heteroatoms. The quantitative estimate of drug-likeness (QED) is 0.760. The van der Waals surface area contributed by atoms with Crippen molar-refractivity contribution in [2.75, 3.05) is 19.6 Å². The fourth-order valence-corrected chi connectivity index (χ4v) is 2.17. The van der Waals surface area contributed by atoms with Crippen LogP contribution in [0.15, 0.2) is 0 Å². The van der Waals surface area contributed by atoms with Gasteiger partial charge in [0.15, 0.2) is 0 Å².